The second-order valence-electron chi connectivity index (χ2n) is 7.42. The second-order valence-corrected chi connectivity index (χ2v) is 7.42. The highest BCUT2D eigenvalue weighted by molar-refractivity contribution is 5.95. The van der Waals surface area contributed by atoms with Gasteiger partial charge in [0, 0.05) is 18.8 Å². The SMILES string of the molecule is Cc1ncc(-c2ccc3[nH]nc(-c4nc5c(-c6ccccn6)cccc5[nH]4)c3n2)n1C. The molecule has 31 heavy (non-hydrogen) atoms. The van der Waals surface area contributed by atoms with Gasteiger partial charge in [-0.05, 0) is 37.3 Å². The molecule has 1 aromatic carbocycles. The zero-order valence-corrected chi connectivity index (χ0v) is 17.0. The number of nitrogens with one attached hydrogen (secondary N) is 2. The molecular weight excluding hydrogens is 388 g/mol. The summed E-state index contributed by atoms with van der Waals surface area (Å²) in [7, 11) is 1.98. The summed E-state index contributed by atoms with van der Waals surface area (Å²) in [4.78, 5) is 22.0. The molecule has 0 bridgehead atoms. The molecule has 0 radical (unpaired) electrons. The predicted molar refractivity (Wildman–Crippen MR) is 119 cm³/mol. The molecule has 6 rings (SSSR count). The van der Waals surface area contributed by atoms with Crippen LogP contribution in [0.3, 0.4) is 0 Å². The molecule has 5 aromatic heterocycles. The van der Waals surface area contributed by atoms with Crippen molar-refractivity contribution in [3.8, 4) is 34.2 Å². The minimum Gasteiger partial charge on any atom is -0.336 e. The van der Waals surface area contributed by atoms with Crippen molar-refractivity contribution in [1.82, 2.24) is 39.7 Å². The number of hydrogen-bond acceptors (Lipinski definition) is 5. The molecule has 6 aromatic rings. The van der Waals surface area contributed by atoms with Crippen LogP contribution in [0.4, 0.5) is 0 Å². The molecule has 150 valence electrons. The number of fused-ring (bicyclic) bond motifs is 2. The van der Waals surface area contributed by atoms with E-state index in [9.17, 15) is 0 Å². The lowest BCUT2D eigenvalue weighted by Crippen LogP contribution is -1.96. The first-order chi connectivity index (χ1) is 15.2. The molecule has 0 amide bonds. The van der Waals surface area contributed by atoms with E-state index in [2.05, 4.69) is 25.1 Å². The van der Waals surface area contributed by atoms with Gasteiger partial charge in [0.1, 0.15) is 11.3 Å². The van der Waals surface area contributed by atoms with Crippen LogP contribution in [-0.4, -0.2) is 39.7 Å². The summed E-state index contributed by atoms with van der Waals surface area (Å²) < 4.78 is 2.02. The number of aryl methyl sites for hydroxylation is 1. The van der Waals surface area contributed by atoms with E-state index in [4.69, 9.17) is 9.97 Å². The fourth-order valence-electron chi connectivity index (χ4n) is 3.82. The van der Waals surface area contributed by atoms with E-state index in [0.29, 0.717) is 11.5 Å². The highest BCUT2D eigenvalue weighted by Gasteiger charge is 2.17. The van der Waals surface area contributed by atoms with Gasteiger partial charge in [-0.25, -0.2) is 15.0 Å². The summed E-state index contributed by atoms with van der Waals surface area (Å²) in [5.74, 6) is 1.60. The fourth-order valence-corrected chi connectivity index (χ4v) is 3.82. The number of rotatable bonds is 3. The average molecular weight is 406 g/mol. The summed E-state index contributed by atoms with van der Waals surface area (Å²) in [5, 5.41) is 7.57. The number of pyridine rings is 2. The van der Waals surface area contributed by atoms with Gasteiger partial charge in [-0.1, -0.05) is 18.2 Å². The summed E-state index contributed by atoms with van der Waals surface area (Å²) in [5.41, 5.74) is 7.71. The van der Waals surface area contributed by atoms with Gasteiger partial charge in [-0.15, -0.1) is 0 Å². The Bertz CT molecular complexity index is 1560. The Balaban J connectivity index is 1.52. The van der Waals surface area contributed by atoms with Gasteiger partial charge in [0.2, 0.25) is 0 Å². The number of imidazole rings is 2. The molecule has 2 N–H and O–H groups in total. The summed E-state index contributed by atoms with van der Waals surface area (Å²) >= 11 is 0. The smallest absolute Gasteiger partial charge is 0.161 e. The molecule has 0 saturated heterocycles. The molecule has 0 unspecified atom stereocenters. The van der Waals surface area contributed by atoms with Gasteiger partial charge in [-0.3, -0.25) is 10.1 Å². The van der Waals surface area contributed by atoms with Gasteiger partial charge >= 0.3 is 0 Å². The third-order valence-electron chi connectivity index (χ3n) is 5.57. The van der Waals surface area contributed by atoms with Crippen LogP contribution >= 0.6 is 0 Å². The van der Waals surface area contributed by atoms with E-state index in [1.165, 1.54) is 0 Å². The Kier molecular flexibility index (Phi) is 3.73. The number of aromatic amines is 2. The molecule has 0 spiro atoms. The van der Waals surface area contributed by atoms with Gasteiger partial charge < -0.3 is 9.55 Å². The van der Waals surface area contributed by atoms with Crippen LogP contribution in [0.1, 0.15) is 5.82 Å². The minimum absolute atomic E-state index is 0.662. The van der Waals surface area contributed by atoms with Crippen molar-refractivity contribution in [2.45, 2.75) is 6.92 Å². The predicted octanol–water partition coefficient (Wildman–Crippen LogP) is 4.27. The van der Waals surface area contributed by atoms with Crippen LogP contribution in [-0.2, 0) is 7.05 Å². The Morgan fingerprint density at radius 1 is 0.839 bits per heavy atom. The first-order valence-corrected chi connectivity index (χ1v) is 9.93. The Morgan fingerprint density at radius 2 is 1.77 bits per heavy atom. The Labute approximate surface area is 177 Å². The molecule has 0 saturated carbocycles. The van der Waals surface area contributed by atoms with E-state index in [1.807, 2.05) is 73.3 Å². The highest BCUT2D eigenvalue weighted by atomic mass is 15.2. The third-order valence-corrected chi connectivity index (χ3v) is 5.57. The van der Waals surface area contributed by atoms with Crippen molar-refractivity contribution in [3.05, 3.63) is 66.7 Å². The first-order valence-electron chi connectivity index (χ1n) is 9.93. The average Bonchev–Trinajstić information content (AvgIpc) is 3.50. The number of para-hydroxylation sites is 1. The van der Waals surface area contributed by atoms with Gasteiger partial charge in [0.05, 0.1) is 39.8 Å². The highest BCUT2D eigenvalue weighted by Crippen LogP contribution is 2.31. The van der Waals surface area contributed by atoms with Crippen molar-refractivity contribution in [2.24, 2.45) is 7.05 Å². The maximum absolute atomic E-state index is 4.88. The van der Waals surface area contributed by atoms with Crippen LogP contribution in [0.15, 0.2) is 60.9 Å². The third kappa shape index (κ3) is 2.72. The van der Waals surface area contributed by atoms with Crippen molar-refractivity contribution in [2.75, 3.05) is 0 Å². The lowest BCUT2D eigenvalue weighted by atomic mass is 10.1. The van der Waals surface area contributed by atoms with E-state index in [0.717, 1.165) is 50.5 Å². The molecule has 0 aliphatic carbocycles. The van der Waals surface area contributed by atoms with E-state index < -0.39 is 0 Å². The van der Waals surface area contributed by atoms with Crippen molar-refractivity contribution < 1.29 is 0 Å². The lowest BCUT2D eigenvalue weighted by Gasteiger charge is -2.03. The normalized spacial score (nSPS) is 11.5. The van der Waals surface area contributed by atoms with Crippen molar-refractivity contribution >= 4 is 22.1 Å². The van der Waals surface area contributed by atoms with Crippen LogP contribution < -0.4 is 0 Å². The van der Waals surface area contributed by atoms with E-state index in [1.54, 1.807) is 6.20 Å². The summed E-state index contributed by atoms with van der Waals surface area (Å²) in [6, 6.07) is 15.8. The first kappa shape index (κ1) is 17.5. The van der Waals surface area contributed by atoms with E-state index in [-0.39, 0.29) is 0 Å². The van der Waals surface area contributed by atoms with Gasteiger partial charge in [-0.2, -0.15) is 5.10 Å². The van der Waals surface area contributed by atoms with Crippen LogP contribution in [0.25, 0.3) is 56.2 Å². The zero-order valence-electron chi connectivity index (χ0n) is 17.0. The minimum atomic E-state index is 0.662. The molecule has 0 aliphatic heterocycles. The molecule has 0 fully saturated rings. The second kappa shape index (κ2) is 6.60. The summed E-state index contributed by atoms with van der Waals surface area (Å²) in [6.45, 7) is 1.97. The lowest BCUT2D eigenvalue weighted by molar-refractivity contribution is 0.862. The number of hydrogen-bond donors (Lipinski definition) is 2. The Hall–Kier alpha value is -4.33. The molecular formula is C23H18N8. The fraction of sp³-hybridized carbons (Fsp3) is 0.0870. The van der Waals surface area contributed by atoms with Crippen LogP contribution in [0, 0.1) is 6.92 Å². The number of aromatic nitrogens is 8. The molecule has 0 atom stereocenters. The van der Waals surface area contributed by atoms with Crippen molar-refractivity contribution in [3.63, 3.8) is 0 Å². The zero-order chi connectivity index (χ0) is 20.9. The van der Waals surface area contributed by atoms with Crippen LogP contribution in [0.2, 0.25) is 0 Å². The molecule has 8 nitrogen and oxygen atoms in total. The monoisotopic (exact) mass is 406 g/mol. The number of nitrogens with zero attached hydrogens (tertiary/aromatic N) is 6. The standard InChI is InChI=1S/C23H18N8/c1-13-25-12-19(31(13)2)16-9-10-18-21(26-16)22(30-29-18)23-27-17-8-5-6-14(20(17)28-23)15-7-3-4-11-24-15/h3-12H,1-2H3,(H,27,28)(H,29,30). The quantitative estimate of drug-likeness (QED) is 0.457. The Morgan fingerprint density at radius 3 is 2.58 bits per heavy atom. The van der Waals surface area contributed by atoms with Crippen molar-refractivity contribution in [1.29, 1.82) is 0 Å². The van der Waals surface area contributed by atoms with Crippen LogP contribution in [0.5, 0.6) is 0 Å². The topological polar surface area (TPSA) is 101 Å². The molecule has 0 aliphatic rings. The molecule has 5 heterocycles. The summed E-state index contributed by atoms with van der Waals surface area (Å²) in [6.07, 6.45) is 3.62. The maximum Gasteiger partial charge on any atom is 0.161 e. The van der Waals surface area contributed by atoms with E-state index >= 15 is 0 Å². The number of H-pyrrole nitrogens is 2. The molecule has 8 heteroatoms. The largest absolute Gasteiger partial charge is 0.336 e. The number of benzene rings is 1. The van der Waals surface area contributed by atoms with Gasteiger partial charge in [0.25, 0.3) is 0 Å². The van der Waals surface area contributed by atoms with Gasteiger partial charge in [0.15, 0.2) is 11.5 Å². The maximum atomic E-state index is 4.88.